The van der Waals surface area contributed by atoms with E-state index >= 15 is 0 Å². The molecule has 0 saturated carbocycles. The molecule has 0 aliphatic carbocycles. The maximum absolute atomic E-state index is 8.92. The molecule has 4 N–H and O–H groups in total. The first-order valence-corrected chi connectivity index (χ1v) is 5.47. The summed E-state index contributed by atoms with van der Waals surface area (Å²) < 4.78 is 5.05. The Morgan fingerprint density at radius 2 is 2.31 bits per heavy atom. The van der Waals surface area contributed by atoms with Gasteiger partial charge in [-0.2, -0.15) is 0 Å². The Hall–Kier alpha value is -0.970. The molecule has 0 saturated heterocycles. The van der Waals surface area contributed by atoms with Crippen LogP contribution in [0.15, 0.2) is 18.2 Å². The smallest absolute Gasteiger partial charge is 0.0766 e. The largest absolute Gasteiger partial charge is 0.397 e. The molecule has 1 aromatic carbocycles. The van der Waals surface area contributed by atoms with Crippen molar-refractivity contribution in [1.29, 1.82) is 0 Å². The highest BCUT2D eigenvalue weighted by molar-refractivity contribution is 6.33. The van der Waals surface area contributed by atoms with Gasteiger partial charge in [0.1, 0.15) is 0 Å². The molecule has 90 valence electrons. The molecule has 0 aliphatic rings. The number of nitrogens with two attached hydrogens (primary N) is 1. The van der Waals surface area contributed by atoms with Crippen molar-refractivity contribution >= 4 is 23.0 Å². The SMILES string of the molecule is COCC(CCO)Nc1c(N)cccc1Cl. The van der Waals surface area contributed by atoms with Gasteiger partial charge in [0.2, 0.25) is 0 Å². The number of aliphatic hydroxyl groups is 1. The molecule has 0 spiro atoms. The minimum atomic E-state index is -0.00259. The highest BCUT2D eigenvalue weighted by Gasteiger charge is 2.11. The fraction of sp³-hybridized carbons (Fsp3) is 0.455. The van der Waals surface area contributed by atoms with Crippen LogP contribution < -0.4 is 11.1 Å². The van der Waals surface area contributed by atoms with Crippen LogP contribution in [0, 0.1) is 0 Å². The molecule has 0 bridgehead atoms. The fourth-order valence-corrected chi connectivity index (χ4v) is 1.69. The number of ether oxygens (including phenoxy) is 1. The van der Waals surface area contributed by atoms with Crippen LogP contribution in [0.1, 0.15) is 6.42 Å². The molecule has 0 fully saturated rings. The Balaban J connectivity index is 2.76. The zero-order valence-electron chi connectivity index (χ0n) is 9.24. The lowest BCUT2D eigenvalue weighted by Crippen LogP contribution is -2.26. The Kier molecular flexibility index (Phi) is 5.38. The summed E-state index contributed by atoms with van der Waals surface area (Å²) in [4.78, 5) is 0. The normalized spacial score (nSPS) is 12.4. The average molecular weight is 245 g/mol. The van der Waals surface area contributed by atoms with E-state index in [0.29, 0.717) is 29.4 Å². The summed E-state index contributed by atoms with van der Waals surface area (Å²) in [6, 6.07) is 5.33. The van der Waals surface area contributed by atoms with E-state index in [1.54, 1.807) is 25.3 Å². The van der Waals surface area contributed by atoms with Crippen LogP contribution in [0.4, 0.5) is 11.4 Å². The summed E-state index contributed by atoms with van der Waals surface area (Å²) in [5.41, 5.74) is 7.10. The average Bonchev–Trinajstić information content (AvgIpc) is 2.24. The van der Waals surface area contributed by atoms with E-state index in [-0.39, 0.29) is 12.6 Å². The van der Waals surface area contributed by atoms with E-state index in [0.717, 1.165) is 0 Å². The number of methoxy groups -OCH3 is 1. The van der Waals surface area contributed by atoms with Gasteiger partial charge in [0.15, 0.2) is 0 Å². The number of hydrogen-bond acceptors (Lipinski definition) is 4. The van der Waals surface area contributed by atoms with Gasteiger partial charge in [-0.25, -0.2) is 0 Å². The maximum Gasteiger partial charge on any atom is 0.0766 e. The van der Waals surface area contributed by atoms with Gasteiger partial charge in [-0.1, -0.05) is 17.7 Å². The number of rotatable bonds is 6. The number of anilines is 2. The van der Waals surface area contributed by atoms with Crippen LogP contribution in [0.3, 0.4) is 0 Å². The van der Waals surface area contributed by atoms with E-state index in [1.165, 1.54) is 0 Å². The Bertz CT molecular complexity index is 308. The molecule has 1 rings (SSSR count). The highest BCUT2D eigenvalue weighted by Crippen LogP contribution is 2.28. The predicted molar refractivity (Wildman–Crippen MR) is 66.9 cm³/mol. The first-order chi connectivity index (χ1) is 7.69. The van der Waals surface area contributed by atoms with Crippen molar-refractivity contribution in [2.45, 2.75) is 12.5 Å². The molecule has 16 heavy (non-hydrogen) atoms. The standard InChI is InChI=1S/C11H17ClN2O2/c1-16-7-8(5-6-15)14-11-9(12)3-2-4-10(11)13/h2-4,8,14-15H,5-7,13H2,1H3. The summed E-state index contributed by atoms with van der Waals surface area (Å²) in [5, 5.41) is 12.7. The van der Waals surface area contributed by atoms with Crippen LogP contribution in [-0.2, 0) is 4.74 Å². The van der Waals surface area contributed by atoms with Gasteiger partial charge < -0.3 is 20.9 Å². The van der Waals surface area contributed by atoms with Crippen molar-refractivity contribution in [3.05, 3.63) is 23.2 Å². The van der Waals surface area contributed by atoms with E-state index in [4.69, 9.17) is 27.2 Å². The highest BCUT2D eigenvalue weighted by atomic mass is 35.5. The van der Waals surface area contributed by atoms with Crippen LogP contribution in [0.2, 0.25) is 5.02 Å². The van der Waals surface area contributed by atoms with E-state index in [1.807, 2.05) is 0 Å². The second-order valence-electron chi connectivity index (χ2n) is 3.51. The van der Waals surface area contributed by atoms with Crippen molar-refractivity contribution in [3.8, 4) is 0 Å². The second-order valence-corrected chi connectivity index (χ2v) is 3.92. The van der Waals surface area contributed by atoms with Crippen molar-refractivity contribution < 1.29 is 9.84 Å². The molecule has 0 aromatic heterocycles. The molecule has 1 unspecified atom stereocenters. The van der Waals surface area contributed by atoms with Gasteiger partial charge in [-0.3, -0.25) is 0 Å². The zero-order chi connectivity index (χ0) is 12.0. The summed E-state index contributed by atoms with van der Waals surface area (Å²) in [6.07, 6.45) is 0.582. The molecule has 0 heterocycles. The Labute approximate surface area is 100 Å². The van der Waals surface area contributed by atoms with E-state index in [2.05, 4.69) is 5.32 Å². The molecule has 0 aliphatic heterocycles. The number of hydrogen-bond donors (Lipinski definition) is 3. The fourth-order valence-electron chi connectivity index (χ4n) is 1.45. The van der Waals surface area contributed by atoms with Crippen molar-refractivity contribution in [3.63, 3.8) is 0 Å². The number of halogens is 1. The summed E-state index contributed by atoms with van der Waals surface area (Å²) in [6.45, 7) is 0.580. The van der Waals surface area contributed by atoms with Crippen molar-refractivity contribution in [2.75, 3.05) is 31.4 Å². The third-order valence-electron chi connectivity index (χ3n) is 2.24. The van der Waals surface area contributed by atoms with E-state index < -0.39 is 0 Å². The minimum absolute atomic E-state index is 0.00259. The molecular weight excluding hydrogens is 228 g/mol. The second kappa shape index (κ2) is 6.58. The molecular formula is C11H17ClN2O2. The van der Waals surface area contributed by atoms with E-state index in [9.17, 15) is 0 Å². The first-order valence-electron chi connectivity index (χ1n) is 5.09. The van der Waals surface area contributed by atoms with Gasteiger partial charge in [0, 0.05) is 13.7 Å². The van der Waals surface area contributed by atoms with Gasteiger partial charge in [-0.05, 0) is 18.6 Å². The molecule has 4 nitrogen and oxygen atoms in total. The third-order valence-corrected chi connectivity index (χ3v) is 2.55. The van der Waals surface area contributed by atoms with Gasteiger partial charge in [0.25, 0.3) is 0 Å². The predicted octanol–water partition coefficient (Wildman–Crippen LogP) is 1.73. The molecule has 0 radical (unpaired) electrons. The Morgan fingerprint density at radius 3 is 2.88 bits per heavy atom. The maximum atomic E-state index is 8.92. The van der Waals surface area contributed by atoms with Gasteiger partial charge in [0.05, 0.1) is 29.0 Å². The summed E-state index contributed by atoms with van der Waals surface area (Å²) in [5.74, 6) is 0. The van der Waals surface area contributed by atoms with Crippen LogP contribution in [0.5, 0.6) is 0 Å². The van der Waals surface area contributed by atoms with Crippen LogP contribution in [0.25, 0.3) is 0 Å². The molecule has 0 amide bonds. The van der Waals surface area contributed by atoms with Crippen molar-refractivity contribution in [2.24, 2.45) is 0 Å². The topological polar surface area (TPSA) is 67.5 Å². The summed E-state index contributed by atoms with van der Waals surface area (Å²) in [7, 11) is 1.61. The molecule has 1 atom stereocenters. The van der Waals surface area contributed by atoms with Gasteiger partial charge in [-0.15, -0.1) is 0 Å². The van der Waals surface area contributed by atoms with Crippen LogP contribution >= 0.6 is 11.6 Å². The lowest BCUT2D eigenvalue weighted by molar-refractivity contribution is 0.170. The number of benzene rings is 1. The number of nitrogen functional groups attached to an aromatic ring is 1. The van der Waals surface area contributed by atoms with Crippen molar-refractivity contribution in [1.82, 2.24) is 0 Å². The first kappa shape index (κ1) is 13.1. The third kappa shape index (κ3) is 3.56. The molecule has 5 heteroatoms. The minimum Gasteiger partial charge on any atom is -0.397 e. The summed E-state index contributed by atoms with van der Waals surface area (Å²) >= 11 is 6.03. The molecule has 1 aromatic rings. The number of nitrogens with one attached hydrogen (secondary N) is 1. The van der Waals surface area contributed by atoms with Gasteiger partial charge >= 0.3 is 0 Å². The lowest BCUT2D eigenvalue weighted by Gasteiger charge is -2.20. The van der Waals surface area contributed by atoms with Crippen LogP contribution in [-0.4, -0.2) is 31.5 Å². The lowest BCUT2D eigenvalue weighted by atomic mass is 10.2. The Morgan fingerprint density at radius 1 is 1.56 bits per heavy atom. The monoisotopic (exact) mass is 244 g/mol. The number of aliphatic hydroxyl groups excluding tert-OH is 1. The quantitative estimate of drug-likeness (QED) is 0.667. The number of para-hydroxylation sites is 1. The zero-order valence-corrected chi connectivity index (χ0v) is 10.00.